The summed E-state index contributed by atoms with van der Waals surface area (Å²) in [6.45, 7) is 0. The molecule has 2 bridgehead atoms. The number of nitrogens with zero attached hydrogens (tertiary/aromatic N) is 2. The van der Waals surface area contributed by atoms with Gasteiger partial charge in [-0.05, 0) is 37.5 Å². The lowest BCUT2D eigenvalue weighted by Gasteiger charge is -2.24. The van der Waals surface area contributed by atoms with Crippen molar-refractivity contribution in [2.75, 3.05) is 11.9 Å². The number of aromatic nitrogens is 1. The topological polar surface area (TPSA) is 42.4 Å². The molecular formula is C17H18N2O2. The molecule has 3 unspecified atom stereocenters. The maximum atomic E-state index is 12.7. The predicted octanol–water partition coefficient (Wildman–Crippen LogP) is 2.77. The van der Waals surface area contributed by atoms with Crippen LogP contribution >= 0.6 is 0 Å². The number of carbonyl (C=O) groups excluding carboxylic acids is 1. The molecular weight excluding hydrogens is 264 g/mol. The van der Waals surface area contributed by atoms with E-state index in [9.17, 15) is 4.79 Å². The van der Waals surface area contributed by atoms with Gasteiger partial charge in [-0.3, -0.25) is 9.69 Å². The van der Waals surface area contributed by atoms with E-state index in [1.807, 2.05) is 43.4 Å². The summed E-state index contributed by atoms with van der Waals surface area (Å²) in [5, 5.41) is 1.09. The summed E-state index contributed by atoms with van der Waals surface area (Å²) in [5.41, 5.74) is 0.916. The zero-order valence-electron chi connectivity index (χ0n) is 12.0. The maximum Gasteiger partial charge on any atom is 0.233 e. The fourth-order valence-corrected chi connectivity index (χ4v) is 3.50. The first kappa shape index (κ1) is 12.8. The van der Waals surface area contributed by atoms with E-state index in [1.54, 1.807) is 4.90 Å². The number of fused-ring (bicyclic) bond motifs is 3. The Morgan fingerprint density at radius 1 is 1.24 bits per heavy atom. The van der Waals surface area contributed by atoms with Gasteiger partial charge in [0.1, 0.15) is 5.82 Å². The molecule has 2 fully saturated rings. The zero-order chi connectivity index (χ0) is 14.4. The van der Waals surface area contributed by atoms with E-state index in [0.29, 0.717) is 11.9 Å². The number of hydrogen-bond donors (Lipinski definition) is 0. The van der Waals surface area contributed by atoms with Crippen LogP contribution in [0.1, 0.15) is 19.3 Å². The van der Waals surface area contributed by atoms with Crippen molar-refractivity contribution in [1.82, 2.24) is 4.98 Å². The van der Waals surface area contributed by atoms with Crippen molar-refractivity contribution >= 4 is 22.6 Å². The number of benzene rings is 1. The Morgan fingerprint density at radius 3 is 2.86 bits per heavy atom. The van der Waals surface area contributed by atoms with Crippen LogP contribution in [0.4, 0.5) is 5.82 Å². The van der Waals surface area contributed by atoms with Crippen molar-refractivity contribution in [3.05, 3.63) is 36.4 Å². The minimum atomic E-state index is 0.00187. The third-order valence-corrected chi connectivity index (χ3v) is 4.68. The van der Waals surface area contributed by atoms with Gasteiger partial charge in [0.2, 0.25) is 5.91 Å². The van der Waals surface area contributed by atoms with Crippen molar-refractivity contribution < 1.29 is 9.53 Å². The third kappa shape index (κ3) is 2.10. The van der Waals surface area contributed by atoms with Crippen LogP contribution in [-0.4, -0.2) is 30.1 Å². The quantitative estimate of drug-likeness (QED) is 0.850. The zero-order valence-corrected chi connectivity index (χ0v) is 12.0. The van der Waals surface area contributed by atoms with Gasteiger partial charge >= 0.3 is 0 Å². The van der Waals surface area contributed by atoms with Crippen LogP contribution in [0.3, 0.4) is 0 Å². The molecule has 3 heterocycles. The highest BCUT2D eigenvalue weighted by atomic mass is 16.5. The number of anilines is 1. The number of pyridine rings is 1. The molecule has 2 aromatic rings. The van der Waals surface area contributed by atoms with Gasteiger partial charge in [-0.25, -0.2) is 4.98 Å². The summed E-state index contributed by atoms with van der Waals surface area (Å²) in [6, 6.07) is 11.9. The molecule has 4 rings (SSSR count). The average molecular weight is 282 g/mol. The molecule has 4 heteroatoms. The van der Waals surface area contributed by atoms with E-state index >= 15 is 0 Å². The van der Waals surface area contributed by atoms with E-state index in [-0.39, 0.29) is 17.9 Å². The fourth-order valence-electron chi connectivity index (χ4n) is 3.50. The number of amides is 1. The van der Waals surface area contributed by atoms with Crippen molar-refractivity contribution in [3.63, 3.8) is 0 Å². The largest absolute Gasteiger partial charge is 0.374 e. The number of ether oxygens (including phenoxy) is 1. The summed E-state index contributed by atoms with van der Waals surface area (Å²) < 4.78 is 5.79. The summed E-state index contributed by atoms with van der Waals surface area (Å²) in [6.07, 6.45) is 3.39. The molecule has 3 atom stereocenters. The highest BCUT2D eigenvalue weighted by Gasteiger charge is 2.45. The minimum absolute atomic E-state index is 0.00187. The first-order valence-corrected chi connectivity index (χ1v) is 7.51. The molecule has 2 aliphatic rings. The number of para-hydroxylation sites is 1. The second-order valence-corrected chi connectivity index (χ2v) is 5.98. The van der Waals surface area contributed by atoms with Crippen LogP contribution in [0.25, 0.3) is 10.9 Å². The summed E-state index contributed by atoms with van der Waals surface area (Å²) in [7, 11) is 1.81. The molecule has 2 saturated heterocycles. The highest BCUT2D eigenvalue weighted by molar-refractivity contribution is 5.95. The van der Waals surface area contributed by atoms with Crippen LogP contribution in [0.15, 0.2) is 36.4 Å². The normalized spacial score (nSPS) is 27.2. The molecule has 0 saturated carbocycles. The highest BCUT2D eigenvalue weighted by Crippen LogP contribution is 2.39. The lowest BCUT2D eigenvalue weighted by Crippen LogP contribution is -2.38. The Morgan fingerprint density at radius 2 is 2.10 bits per heavy atom. The number of hydrogen-bond acceptors (Lipinski definition) is 3. The van der Waals surface area contributed by atoms with Gasteiger partial charge < -0.3 is 4.74 Å². The van der Waals surface area contributed by atoms with E-state index in [2.05, 4.69) is 4.98 Å². The maximum absolute atomic E-state index is 12.7. The van der Waals surface area contributed by atoms with Crippen LogP contribution in [0.2, 0.25) is 0 Å². The van der Waals surface area contributed by atoms with Crippen LogP contribution in [0.5, 0.6) is 0 Å². The van der Waals surface area contributed by atoms with E-state index in [1.165, 1.54) is 0 Å². The standard InChI is InChI=1S/C17H18N2O2/c1-19(17(20)13-10-12-7-8-15(13)21-12)16-9-6-11-4-2-3-5-14(11)18-16/h2-6,9,12-13,15H,7-8,10H2,1H3. The van der Waals surface area contributed by atoms with Crippen molar-refractivity contribution in [1.29, 1.82) is 0 Å². The first-order chi connectivity index (χ1) is 10.2. The van der Waals surface area contributed by atoms with E-state index in [4.69, 9.17) is 4.74 Å². The molecule has 1 aromatic heterocycles. The first-order valence-electron chi connectivity index (χ1n) is 7.51. The summed E-state index contributed by atoms with van der Waals surface area (Å²) in [5.74, 6) is 0.841. The third-order valence-electron chi connectivity index (χ3n) is 4.68. The predicted molar refractivity (Wildman–Crippen MR) is 81.2 cm³/mol. The smallest absolute Gasteiger partial charge is 0.233 e. The molecule has 0 radical (unpaired) electrons. The molecule has 108 valence electrons. The lowest BCUT2D eigenvalue weighted by molar-refractivity contribution is -0.123. The number of carbonyl (C=O) groups is 1. The summed E-state index contributed by atoms with van der Waals surface area (Å²) >= 11 is 0. The molecule has 2 aliphatic heterocycles. The molecule has 4 nitrogen and oxygen atoms in total. The van der Waals surface area contributed by atoms with E-state index < -0.39 is 0 Å². The Bertz CT molecular complexity index is 700. The van der Waals surface area contributed by atoms with Crippen LogP contribution < -0.4 is 4.90 Å². The van der Waals surface area contributed by atoms with Gasteiger partial charge in [0.15, 0.2) is 0 Å². The molecule has 1 amide bonds. The Hall–Kier alpha value is -1.94. The second-order valence-electron chi connectivity index (χ2n) is 5.98. The monoisotopic (exact) mass is 282 g/mol. The lowest BCUT2D eigenvalue weighted by atomic mass is 9.88. The fraction of sp³-hybridized carbons (Fsp3) is 0.412. The minimum Gasteiger partial charge on any atom is -0.374 e. The molecule has 1 aromatic carbocycles. The molecule has 0 N–H and O–H groups in total. The van der Waals surface area contributed by atoms with Gasteiger partial charge in [-0.15, -0.1) is 0 Å². The van der Waals surface area contributed by atoms with Gasteiger partial charge in [0, 0.05) is 12.4 Å². The van der Waals surface area contributed by atoms with E-state index in [0.717, 1.165) is 30.2 Å². The van der Waals surface area contributed by atoms with Crippen molar-refractivity contribution in [2.45, 2.75) is 31.5 Å². The van der Waals surface area contributed by atoms with Gasteiger partial charge in [-0.1, -0.05) is 18.2 Å². The van der Waals surface area contributed by atoms with Crippen LogP contribution in [0, 0.1) is 5.92 Å². The van der Waals surface area contributed by atoms with Crippen LogP contribution in [-0.2, 0) is 9.53 Å². The molecule has 21 heavy (non-hydrogen) atoms. The van der Waals surface area contributed by atoms with Crippen molar-refractivity contribution in [2.24, 2.45) is 5.92 Å². The second kappa shape index (κ2) is 4.81. The van der Waals surface area contributed by atoms with Crippen molar-refractivity contribution in [3.8, 4) is 0 Å². The van der Waals surface area contributed by atoms with Gasteiger partial charge in [0.05, 0.1) is 23.6 Å². The molecule has 0 spiro atoms. The van der Waals surface area contributed by atoms with Gasteiger partial charge in [0.25, 0.3) is 0 Å². The molecule has 0 aliphatic carbocycles. The van der Waals surface area contributed by atoms with Gasteiger partial charge in [-0.2, -0.15) is 0 Å². The summed E-state index contributed by atoms with van der Waals surface area (Å²) in [4.78, 5) is 19.0. The Kier molecular flexibility index (Phi) is 2.93. The average Bonchev–Trinajstić information content (AvgIpc) is 3.16. The number of rotatable bonds is 2. The Balaban J connectivity index is 1.60. The SMILES string of the molecule is CN(C(=O)C1CC2CCC1O2)c1ccc2ccccc2n1. The Labute approximate surface area is 123 Å².